The molecule has 0 heterocycles. The van der Waals surface area contributed by atoms with E-state index in [1.807, 2.05) is 25.9 Å². The van der Waals surface area contributed by atoms with Crippen LogP contribution >= 0.6 is 0 Å². The van der Waals surface area contributed by atoms with Crippen molar-refractivity contribution in [1.29, 1.82) is 0 Å². The van der Waals surface area contributed by atoms with Gasteiger partial charge in [0.2, 0.25) is 0 Å². The van der Waals surface area contributed by atoms with Crippen LogP contribution < -0.4 is 0 Å². The Hall–Kier alpha value is -0.370. The number of nitrogens with zero attached hydrogens (tertiary/aromatic N) is 1. The van der Waals surface area contributed by atoms with E-state index in [1.54, 1.807) is 6.92 Å². The van der Waals surface area contributed by atoms with Gasteiger partial charge in [0.25, 0.3) is 0 Å². The molecule has 0 bridgehead atoms. The van der Waals surface area contributed by atoms with Crippen molar-refractivity contribution in [1.82, 2.24) is 4.90 Å². The van der Waals surface area contributed by atoms with Crippen molar-refractivity contribution in [3.8, 4) is 0 Å². The summed E-state index contributed by atoms with van der Waals surface area (Å²) in [6.45, 7) is 3.37. The molecule has 0 rings (SSSR count). The lowest BCUT2D eigenvalue weighted by Crippen LogP contribution is -2.22. The van der Waals surface area contributed by atoms with E-state index in [0.717, 1.165) is 6.04 Å². The minimum absolute atomic E-state index is 0.134. The molecule has 47 valence electrons. The third-order valence-electron chi connectivity index (χ3n) is 1.18. The van der Waals surface area contributed by atoms with Gasteiger partial charge in [0.1, 0.15) is 6.04 Å². The van der Waals surface area contributed by atoms with E-state index in [0.29, 0.717) is 0 Å². The summed E-state index contributed by atoms with van der Waals surface area (Å²) in [5.74, 6) is 0.134. The fourth-order valence-electron chi connectivity index (χ4n) is 0.315. The molecule has 0 spiro atoms. The maximum Gasteiger partial charge on any atom is 0.152 e. The Morgan fingerprint density at radius 1 is 1.25 bits per heavy atom. The molecule has 0 aliphatic carbocycles. The van der Waals surface area contributed by atoms with Crippen molar-refractivity contribution in [2.24, 2.45) is 0 Å². The number of rotatable bonds is 2. The maximum atomic E-state index is 10.5. The zero-order valence-electron chi connectivity index (χ0n) is 5.86. The lowest BCUT2D eigenvalue weighted by molar-refractivity contribution is -0.117. The zero-order valence-corrected chi connectivity index (χ0v) is 5.86. The van der Waals surface area contributed by atoms with Gasteiger partial charge in [-0.05, 0) is 27.9 Å². The van der Waals surface area contributed by atoms with Crippen molar-refractivity contribution >= 4 is 5.78 Å². The maximum absolute atomic E-state index is 10.5. The number of ketones is 1. The van der Waals surface area contributed by atoms with Crippen LogP contribution in [0.1, 0.15) is 13.8 Å². The van der Waals surface area contributed by atoms with Crippen LogP contribution in [0.2, 0.25) is 0 Å². The molecule has 1 radical (unpaired) electrons. The van der Waals surface area contributed by atoms with Crippen LogP contribution in [0, 0.1) is 6.04 Å². The number of likely N-dealkylation sites (N-methyl/N-ethyl adjacent to an activating group) is 1. The molecule has 0 aromatic carbocycles. The Kier molecular flexibility index (Phi) is 2.69. The van der Waals surface area contributed by atoms with E-state index in [9.17, 15) is 4.79 Å². The Labute approximate surface area is 50.5 Å². The van der Waals surface area contributed by atoms with Gasteiger partial charge in [-0.2, -0.15) is 0 Å². The number of hydrogen-bond donors (Lipinski definition) is 0. The molecule has 0 saturated carbocycles. The smallest absolute Gasteiger partial charge is 0.152 e. The quantitative estimate of drug-likeness (QED) is 0.526. The molecule has 2 nitrogen and oxygen atoms in total. The highest BCUT2D eigenvalue weighted by molar-refractivity contribution is 5.88. The minimum atomic E-state index is 0.134. The molecule has 8 heavy (non-hydrogen) atoms. The average molecular weight is 114 g/mol. The topological polar surface area (TPSA) is 20.3 Å². The first-order valence-corrected chi connectivity index (χ1v) is 2.57. The third-order valence-corrected chi connectivity index (χ3v) is 1.18. The van der Waals surface area contributed by atoms with E-state index >= 15 is 0 Å². The molecule has 0 unspecified atom stereocenters. The fourth-order valence-corrected chi connectivity index (χ4v) is 0.315. The van der Waals surface area contributed by atoms with Crippen LogP contribution in [-0.2, 0) is 4.79 Å². The number of carbonyl (C=O) groups excluding carboxylic acids is 1. The summed E-state index contributed by atoms with van der Waals surface area (Å²) in [6, 6.07) is 0.796. The number of hydrogen-bond acceptors (Lipinski definition) is 2. The van der Waals surface area contributed by atoms with Crippen LogP contribution in [0.25, 0.3) is 0 Å². The van der Waals surface area contributed by atoms with Crippen molar-refractivity contribution in [2.45, 2.75) is 13.8 Å². The van der Waals surface area contributed by atoms with Gasteiger partial charge in [-0.3, -0.25) is 9.69 Å². The van der Waals surface area contributed by atoms with Gasteiger partial charge in [-0.25, -0.2) is 0 Å². The molecular formula is C6H12NO. The molecule has 0 aliphatic rings. The van der Waals surface area contributed by atoms with Gasteiger partial charge in [0.15, 0.2) is 5.78 Å². The molecule has 0 fully saturated rings. The summed E-state index contributed by atoms with van der Waals surface area (Å²) in [5.41, 5.74) is 0. The Bertz CT molecular complexity index is 88.5. The predicted molar refractivity (Wildman–Crippen MR) is 33.3 cm³/mol. The van der Waals surface area contributed by atoms with Crippen molar-refractivity contribution in [3.05, 3.63) is 6.04 Å². The summed E-state index contributed by atoms with van der Waals surface area (Å²) < 4.78 is 0. The molecule has 0 saturated heterocycles. The van der Waals surface area contributed by atoms with Crippen LogP contribution in [0.4, 0.5) is 0 Å². The van der Waals surface area contributed by atoms with Gasteiger partial charge >= 0.3 is 0 Å². The Balaban J connectivity index is 3.64. The molecule has 0 aromatic rings. The first-order chi connectivity index (χ1) is 3.55. The number of Topliss-reactive ketones (excluding diaryl/α,β-unsaturated/α-hetero) is 1. The SMILES string of the molecule is C[C](C(C)=O)N(C)C. The van der Waals surface area contributed by atoms with Crippen LogP contribution in [0.15, 0.2) is 0 Å². The monoisotopic (exact) mass is 114 g/mol. The molecular weight excluding hydrogens is 102 g/mol. The molecule has 0 N–H and O–H groups in total. The average Bonchev–Trinajstić information content (AvgIpc) is 1.64. The highest BCUT2D eigenvalue weighted by Crippen LogP contribution is 2.00. The second kappa shape index (κ2) is 2.82. The van der Waals surface area contributed by atoms with Gasteiger partial charge in [0.05, 0.1) is 0 Å². The van der Waals surface area contributed by atoms with Gasteiger partial charge < -0.3 is 0 Å². The summed E-state index contributed by atoms with van der Waals surface area (Å²) in [5, 5.41) is 0. The molecule has 2 heteroatoms. The van der Waals surface area contributed by atoms with Gasteiger partial charge in [-0.1, -0.05) is 0 Å². The molecule has 0 atom stereocenters. The highest BCUT2D eigenvalue weighted by Gasteiger charge is 2.09. The minimum Gasteiger partial charge on any atom is -0.298 e. The number of carbonyl (C=O) groups is 1. The lowest BCUT2D eigenvalue weighted by Gasteiger charge is -2.13. The second-order valence-electron chi connectivity index (χ2n) is 2.04. The van der Waals surface area contributed by atoms with E-state index in [-0.39, 0.29) is 5.78 Å². The van der Waals surface area contributed by atoms with Crippen molar-refractivity contribution in [3.63, 3.8) is 0 Å². The van der Waals surface area contributed by atoms with Crippen LogP contribution in [0.3, 0.4) is 0 Å². The molecule has 0 aromatic heterocycles. The predicted octanol–water partition coefficient (Wildman–Crippen LogP) is 0.689. The highest BCUT2D eigenvalue weighted by atomic mass is 16.1. The van der Waals surface area contributed by atoms with E-state index in [2.05, 4.69) is 0 Å². The normalized spacial score (nSPS) is 10.8. The summed E-state index contributed by atoms with van der Waals surface area (Å²) in [6.07, 6.45) is 0. The largest absolute Gasteiger partial charge is 0.298 e. The van der Waals surface area contributed by atoms with Gasteiger partial charge in [0, 0.05) is 0 Å². The first kappa shape index (κ1) is 7.63. The standard InChI is InChI=1S/C6H12NO/c1-5(6(2)8)7(3)4/h1-4H3. The first-order valence-electron chi connectivity index (χ1n) is 2.57. The van der Waals surface area contributed by atoms with Crippen molar-refractivity contribution < 1.29 is 4.79 Å². The van der Waals surface area contributed by atoms with Gasteiger partial charge in [-0.15, -0.1) is 0 Å². The summed E-state index contributed by atoms with van der Waals surface area (Å²) in [4.78, 5) is 12.3. The summed E-state index contributed by atoms with van der Waals surface area (Å²) >= 11 is 0. The van der Waals surface area contributed by atoms with Crippen LogP contribution in [0.5, 0.6) is 0 Å². The summed E-state index contributed by atoms with van der Waals surface area (Å²) in [7, 11) is 3.72. The Morgan fingerprint density at radius 3 is 1.62 bits per heavy atom. The molecule has 0 amide bonds. The molecule has 0 aliphatic heterocycles. The third kappa shape index (κ3) is 2.07. The van der Waals surface area contributed by atoms with Crippen molar-refractivity contribution in [2.75, 3.05) is 14.1 Å². The fraction of sp³-hybridized carbons (Fsp3) is 0.667. The van der Waals surface area contributed by atoms with E-state index in [4.69, 9.17) is 0 Å². The lowest BCUT2D eigenvalue weighted by atomic mass is 10.2. The van der Waals surface area contributed by atoms with E-state index < -0.39 is 0 Å². The van der Waals surface area contributed by atoms with Crippen LogP contribution in [-0.4, -0.2) is 24.8 Å². The Morgan fingerprint density at radius 2 is 1.62 bits per heavy atom. The second-order valence-corrected chi connectivity index (χ2v) is 2.04. The zero-order chi connectivity index (χ0) is 6.73. The van der Waals surface area contributed by atoms with E-state index in [1.165, 1.54) is 0 Å².